The number of halogens is 1. The van der Waals surface area contributed by atoms with Crippen molar-refractivity contribution in [2.45, 2.75) is 6.92 Å². The highest BCUT2D eigenvalue weighted by molar-refractivity contribution is 7.71. The number of rotatable bonds is 4. The van der Waals surface area contributed by atoms with E-state index in [0.29, 0.717) is 22.1 Å². The van der Waals surface area contributed by atoms with E-state index in [-0.39, 0.29) is 5.82 Å². The number of aromatic amines is 1. The summed E-state index contributed by atoms with van der Waals surface area (Å²) in [6, 6.07) is 17.6. The highest BCUT2D eigenvalue weighted by Crippen LogP contribution is 2.22. The highest BCUT2D eigenvalue weighted by atomic mass is 32.1. The van der Waals surface area contributed by atoms with Crippen LogP contribution in [0.5, 0.6) is 0 Å². The summed E-state index contributed by atoms with van der Waals surface area (Å²) in [6.07, 6.45) is 1.57. The van der Waals surface area contributed by atoms with Crippen LogP contribution >= 0.6 is 12.2 Å². The Morgan fingerprint density at radius 3 is 2.48 bits per heavy atom. The zero-order chi connectivity index (χ0) is 18.8. The standard InChI is InChI=1S/C20H15FN4OS/c1-13-2-4-15(5-3-13)19-23-24-20(27)25(19)22-12-17-10-11-18(26-17)14-6-8-16(21)9-7-14/h2-12H,1H3,(H,24,27)/b22-12+. The van der Waals surface area contributed by atoms with Gasteiger partial charge in [-0.3, -0.25) is 0 Å². The van der Waals surface area contributed by atoms with Gasteiger partial charge in [0, 0.05) is 11.1 Å². The van der Waals surface area contributed by atoms with Gasteiger partial charge in [0.25, 0.3) is 0 Å². The zero-order valence-corrected chi connectivity index (χ0v) is 15.2. The number of furan rings is 1. The third-order valence-electron chi connectivity index (χ3n) is 4.02. The Kier molecular flexibility index (Phi) is 4.52. The molecule has 0 bridgehead atoms. The van der Waals surface area contributed by atoms with Gasteiger partial charge in [0.15, 0.2) is 5.82 Å². The van der Waals surface area contributed by atoms with Gasteiger partial charge in [0.05, 0.1) is 6.21 Å². The molecular formula is C20H15FN4OS. The number of nitrogens with one attached hydrogen (secondary N) is 1. The second-order valence-electron chi connectivity index (χ2n) is 5.98. The van der Waals surface area contributed by atoms with Crippen molar-refractivity contribution >= 4 is 18.4 Å². The minimum atomic E-state index is -0.287. The van der Waals surface area contributed by atoms with Crippen LogP contribution < -0.4 is 0 Å². The van der Waals surface area contributed by atoms with Gasteiger partial charge in [-0.05, 0) is 55.5 Å². The average molecular weight is 378 g/mol. The zero-order valence-electron chi connectivity index (χ0n) is 14.4. The molecule has 1 N–H and O–H groups in total. The molecule has 4 rings (SSSR count). The fourth-order valence-corrected chi connectivity index (χ4v) is 2.77. The number of aryl methyl sites for hydroxylation is 1. The first kappa shape index (κ1) is 17.1. The lowest BCUT2D eigenvalue weighted by Crippen LogP contribution is -1.94. The van der Waals surface area contributed by atoms with Gasteiger partial charge in [0.2, 0.25) is 4.77 Å². The molecule has 4 aromatic rings. The third-order valence-corrected chi connectivity index (χ3v) is 4.28. The summed E-state index contributed by atoms with van der Waals surface area (Å²) < 4.78 is 20.7. The van der Waals surface area contributed by atoms with Crippen molar-refractivity contribution in [2.24, 2.45) is 5.10 Å². The first-order valence-corrected chi connectivity index (χ1v) is 8.65. The summed E-state index contributed by atoms with van der Waals surface area (Å²) in [4.78, 5) is 0. The molecule has 7 heteroatoms. The van der Waals surface area contributed by atoms with E-state index in [1.165, 1.54) is 12.1 Å². The van der Waals surface area contributed by atoms with Crippen LogP contribution in [0.15, 0.2) is 70.2 Å². The lowest BCUT2D eigenvalue weighted by Gasteiger charge is -2.01. The highest BCUT2D eigenvalue weighted by Gasteiger charge is 2.08. The van der Waals surface area contributed by atoms with Crippen molar-refractivity contribution in [3.63, 3.8) is 0 Å². The van der Waals surface area contributed by atoms with Crippen LogP contribution in [-0.2, 0) is 0 Å². The Balaban J connectivity index is 1.62. The van der Waals surface area contributed by atoms with Crippen LogP contribution in [0.1, 0.15) is 11.3 Å². The largest absolute Gasteiger partial charge is 0.455 e. The minimum absolute atomic E-state index is 0.287. The number of hydrogen-bond donors (Lipinski definition) is 1. The van der Waals surface area contributed by atoms with Gasteiger partial charge in [-0.1, -0.05) is 29.8 Å². The smallest absolute Gasteiger partial charge is 0.216 e. The van der Waals surface area contributed by atoms with E-state index < -0.39 is 0 Å². The fourth-order valence-electron chi connectivity index (χ4n) is 2.59. The van der Waals surface area contributed by atoms with E-state index in [4.69, 9.17) is 16.6 Å². The van der Waals surface area contributed by atoms with Crippen molar-refractivity contribution in [3.8, 4) is 22.7 Å². The summed E-state index contributed by atoms with van der Waals surface area (Å²) in [6.45, 7) is 2.02. The summed E-state index contributed by atoms with van der Waals surface area (Å²) in [5, 5.41) is 11.4. The lowest BCUT2D eigenvalue weighted by atomic mass is 10.1. The molecule has 2 heterocycles. The maximum atomic E-state index is 13.0. The molecule has 0 saturated carbocycles. The molecule has 0 radical (unpaired) electrons. The van der Waals surface area contributed by atoms with Gasteiger partial charge in [-0.25, -0.2) is 9.49 Å². The second kappa shape index (κ2) is 7.13. The first-order valence-electron chi connectivity index (χ1n) is 8.25. The van der Waals surface area contributed by atoms with E-state index in [2.05, 4.69) is 15.3 Å². The molecule has 0 atom stereocenters. The Labute approximate surface area is 159 Å². The van der Waals surface area contributed by atoms with Gasteiger partial charge < -0.3 is 4.42 Å². The summed E-state index contributed by atoms with van der Waals surface area (Å²) in [5.41, 5.74) is 2.85. The molecule has 0 aliphatic carbocycles. The Bertz CT molecular complexity index is 1150. The molecule has 5 nitrogen and oxygen atoms in total. The van der Waals surface area contributed by atoms with E-state index in [1.807, 2.05) is 37.3 Å². The predicted octanol–water partition coefficient (Wildman–Crippen LogP) is 5.20. The van der Waals surface area contributed by atoms with Crippen molar-refractivity contribution in [1.82, 2.24) is 14.9 Å². The van der Waals surface area contributed by atoms with Crippen LogP contribution in [0.4, 0.5) is 4.39 Å². The normalized spacial score (nSPS) is 11.3. The second-order valence-corrected chi connectivity index (χ2v) is 6.37. The first-order chi connectivity index (χ1) is 13.1. The monoisotopic (exact) mass is 378 g/mol. The molecule has 0 spiro atoms. The fraction of sp³-hybridized carbons (Fsp3) is 0.0500. The number of benzene rings is 2. The number of nitrogens with zero attached hydrogens (tertiary/aromatic N) is 3. The molecule has 0 aliphatic rings. The van der Waals surface area contributed by atoms with Crippen molar-refractivity contribution in [2.75, 3.05) is 0 Å². The molecule has 0 unspecified atom stereocenters. The van der Waals surface area contributed by atoms with Crippen LogP contribution in [-0.4, -0.2) is 21.1 Å². The van der Waals surface area contributed by atoms with Crippen molar-refractivity contribution < 1.29 is 8.81 Å². The van der Waals surface area contributed by atoms with Crippen molar-refractivity contribution in [3.05, 3.63) is 82.6 Å². The van der Waals surface area contributed by atoms with Crippen molar-refractivity contribution in [1.29, 1.82) is 0 Å². The van der Waals surface area contributed by atoms with Gasteiger partial charge in [-0.15, -0.1) is 0 Å². The predicted molar refractivity (Wildman–Crippen MR) is 105 cm³/mol. The molecule has 134 valence electrons. The minimum Gasteiger partial charge on any atom is -0.455 e. The molecule has 0 aliphatic heterocycles. The van der Waals surface area contributed by atoms with Crippen LogP contribution in [0, 0.1) is 17.5 Å². The molecule has 0 fully saturated rings. The van der Waals surface area contributed by atoms with Crippen LogP contribution in [0.3, 0.4) is 0 Å². The number of aromatic nitrogens is 3. The molecular weight excluding hydrogens is 363 g/mol. The molecule has 0 saturated heterocycles. The third kappa shape index (κ3) is 3.63. The maximum Gasteiger partial charge on any atom is 0.216 e. The maximum absolute atomic E-state index is 13.0. The molecule has 2 aromatic heterocycles. The Morgan fingerprint density at radius 2 is 1.74 bits per heavy atom. The molecule has 0 amide bonds. The topological polar surface area (TPSA) is 59.1 Å². The van der Waals surface area contributed by atoms with E-state index in [9.17, 15) is 4.39 Å². The van der Waals surface area contributed by atoms with Crippen LogP contribution in [0.2, 0.25) is 0 Å². The number of hydrogen-bond acceptors (Lipinski definition) is 4. The van der Waals surface area contributed by atoms with Gasteiger partial charge in [-0.2, -0.15) is 14.9 Å². The van der Waals surface area contributed by atoms with Gasteiger partial charge in [0.1, 0.15) is 17.3 Å². The van der Waals surface area contributed by atoms with Gasteiger partial charge >= 0.3 is 0 Å². The van der Waals surface area contributed by atoms with E-state index in [1.54, 1.807) is 29.1 Å². The molecule has 27 heavy (non-hydrogen) atoms. The number of H-pyrrole nitrogens is 1. The Hall–Kier alpha value is -3.32. The quantitative estimate of drug-likeness (QED) is 0.392. The summed E-state index contributed by atoms with van der Waals surface area (Å²) >= 11 is 5.27. The summed E-state index contributed by atoms with van der Waals surface area (Å²) in [7, 11) is 0. The van der Waals surface area contributed by atoms with Crippen LogP contribution in [0.25, 0.3) is 22.7 Å². The van der Waals surface area contributed by atoms with E-state index >= 15 is 0 Å². The average Bonchev–Trinajstić information content (AvgIpc) is 3.28. The summed E-state index contributed by atoms with van der Waals surface area (Å²) in [5.74, 6) is 1.50. The Morgan fingerprint density at radius 1 is 1.04 bits per heavy atom. The SMILES string of the molecule is Cc1ccc(-c2n[nH]c(=S)n2/N=C/c2ccc(-c3ccc(F)cc3)o2)cc1. The molecule has 2 aromatic carbocycles. The van der Waals surface area contributed by atoms with E-state index in [0.717, 1.165) is 16.7 Å². The lowest BCUT2D eigenvalue weighted by molar-refractivity contribution is 0.573.